The lowest BCUT2D eigenvalue weighted by Gasteiger charge is -2.09. The Morgan fingerprint density at radius 1 is 1.15 bits per heavy atom. The third kappa shape index (κ3) is 3.62. The van der Waals surface area contributed by atoms with Crippen molar-refractivity contribution in [3.05, 3.63) is 71.8 Å². The molecule has 0 saturated heterocycles. The molecule has 102 valence electrons. The molecular formula is C16H13ClO3. The van der Waals surface area contributed by atoms with Gasteiger partial charge in [-0.25, -0.2) is 4.79 Å². The molecule has 0 spiro atoms. The Bertz CT molecular complexity index is 605. The van der Waals surface area contributed by atoms with E-state index in [9.17, 15) is 4.79 Å². The molecule has 0 fully saturated rings. The van der Waals surface area contributed by atoms with E-state index in [2.05, 4.69) is 6.58 Å². The molecule has 2 rings (SSSR count). The highest BCUT2D eigenvalue weighted by Crippen LogP contribution is 2.21. The van der Waals surface area contributed by atoms with Gasteiger partial charge in [0, 0.05) is 5.02 Å². The molecule has 4 heteroatoms. The second-order valence-corrected chi connectivity index (χ2v) is 4.38. The monoisotopic (exact) mass is 288 g/mol. The van der Waals surface area contributed by atoms with Crippen molar-refractivity contribution < 1.29 is 14.3 Å². The molecule has 0 amide bonds. The molecule has 2 aromatic carbocycles. The van der Waals surface area contributed by atoms with Gasteiger partial charge >= 0.3 is 5.97 Å². The van der Waals surface area contributed by atoms with E-state index in [4.69, 9.17) is 21.1 Å². The van der Waals surface area contributed by atoms with Gasteiger partial charge in [0.15, 0.2) is 0 Å². The smallest absolute Gasteiger partial charge is 0.347 e. The maximum Gasteiger partial charge on any atom is 0.347 e. The van der Waals surface area contributed by atoms with Crippen molar-refractivity contribution in [2.75, 3.05) is 6.61 Å². The van der Waals surface area contributed by atoms with Gasteiger partial charge in [-0.3, -0.25) is 0 Å². The molecule has 0 atom stereocenters. The lowest BCUT2D eigenvalue weighted by Crippen LogP contribution is -2.10. The van der Waals surface area contributed by atoms with E-state index in [1.54, 1.807) is 54.6 Å². The van der Waals surface area contributed by atoms with Crippen LogP contribution in [0.2, 0.25) is 5.02 Å². The highest BCUT2D eigenvalue weighted by molar-refractivity contribution is 6.30. The Kier molecular flexibility index (Phi) is 4.80. The van der Waals surface area contributed by atoms with Crippen LogP contribution in [0.15, 0.2) is 61.2 Å². The van der Waals surface area contributed by atoms with Crippen molar-refractivity contribution in [1.29, 1.82) is 0 Å². The Morgan fingerprint density at radius 2 is 1.85 bits per heavy atom. The van der Waals surface area contributed by atoms with Crippen molar-refractivity contribution in [3.8, 4) is 11.5 Å². The summed E-state index contributed by atoms with van der Waals surface area (Å²) in [6.07, 6.45) is 1.61. The lowest BCUT2D eigenvalue weighted by molar-refractivity contribution is 0.0731. The zero-order valence-corrected chi connectivity index (χ0v) is 11.5. The predicted molar refractivity (Wildman–Crippen MR) is 78.5 cm³/mol. The van der Waals surface area contributed by atoms with Crippen LogP contribution in [0.25, 0.3) is 0 Å². The molecule has 20 heavy (non-hydrogen) atoms. The van der Waals surface area contributed by atoms with Crippen LogP contribution >= 0.6 is 11.6 Å². The van der Waals surface area contributed by atoms with Crippen LogP contribution < -0.4 is 9.47 Å². The first-order valence-corrected chi connectivity index (χ1v) is 6.39. The van der Waals surface area contributed by atoms with Crippen LogP contribution in [0.1, 0.15) is 10.4 Å². The lowest BCUT2D eigenvalue weighted by atomic mass is 10.2. The van der Waals surface area contributed by atoms with Gasteiger partial charge in [0.25, 0.3) is 0 Å². The Morgan fingerprint density at radius 3 is 2.55 bits per heavy atom. The average Bonchev–Trinajstić information content (AvgIpc) is 2.47. The minimum absolute atomic E-state index is 0.325. The fourth-order valence-electron chi connectivity index (χ4n) is 1.57. The van der Waals surface area contributed by atoms with Gasteiger partial charge < -0.3 is 9.47 Å². The van der Waals surface area contributed by atoms with Crippen LogP contribution in [-0.2, 0) is 0 Å². The fourth-order valence-corrected chi connectivity index (χ4v) is 1.70. The normalized spacial score (nSPS) is 9.85. The molecule has 0 aliphatic carbocycles. The molecule has 0 bridgehead atoms. The van der Waals surface area contributed by atoms with Gasteiger partial charge in [0.2, 0.25) is 0 Å². The van der Waals surface area contributed by atoms with E-state index in [1.165, 1.54) is 0 Å². The van der Waals surface area contributed by atoms with Crippen molar-refractivity contribution >= 4 is 17.6 Å². The van der Waals surface area contributed by atoms with E-state index < -0.39 is 5.97 Å². The zero-order valence-electron chi connectivity index (χ0n) is 10.7. The average molecular weight is 289 g/mol. The minimum atomic E-state index is -0.480. The van der Waals surface area contributed by atoms with Crippen LogP contribution in [0, 0.1) is 0 Å². The number of benzene rings is 2. The molecule has 3 nitrogen and oxygen atoms in total. The van der Waals surface area contributed by atoms with E-state index in [0.29, 0.717) is 28.7 Å². The number of hydrogen-bond acceptors (Lipinski definition) is 3. The van der Waals surface area contributed by atoms with E-state index >= 15 is 0 Å². The first-order chi connectivity index (χ1) is 9.70. The van der Waals surface area contributed by atoms with Gasteiger partial charge in [-0.05, 0) is 36.4 Å². The van der Waals surface area contributed by atoms with Gasteiger partial charge in [0.05, 0.1) is 0 Å². The third-order valence-corrected chi connectivity index (χ3v) is 2.74. The SMILES string of the molecule is C=CCOc1ccccc1C(=O)Oc1ccc(Cl)cc1. The number of hydrogen-bond donors (Lipinski definition) is 0. The molecule has 0 aliphatic heterocycles. The van der Waals surface area contributed by atoms with E-state index in [-0.39, 0.29) is 0 Å². The summed E-state index contributed by atoms with van der Waals surface area (Å²) >= 11 is 5.78. The highest BCUT2D eigenvalue weighted by Gasteiger charge is 2.14. The highest BCUT2D eigenvalue weighted by atomic mass is 35.5. The number of rotatable bonds is 5. The number of carbonyl (C=O) groups is 1. The van der Waals surface area contributed by atoms with Gasteiger partial charge in [-0.2, -0.15) is 0 Å². The molecule has 0 aliphatic rings. The summed E-state index contributed by atoms with van der Waals surface area (Å²) < 4.78 is 10.7. The first-order valence-electron chi connectivity index (χ1n) is 6.01. The number of carbonyl (C=O) groups excluding carboxylic acids is 1. The second-order valence-electron chi connectivity index (χ2n) is 3.94. The molecule has 0 radical (unpaired) electrons. The summed E-state index contributed by atoms with van der Waals surface area (Å²) in [5, 5.41) is 0.583. The topological polar surface area (TPSA) is 35.5 Å². The fraction of sp³-hybridized carbons (Fsp3) is 0.0625. The van der Waals surface area contributed by atoms with Crippen molar-refractivity contribution in [1.82, 2.24) is 0 Å². The summed E-state index contributed by atoms with van der Waals surface area (Å²) in [7, 11) is 0. The molecule has 0 N–H and O–H groups in total. The van der Waals surface area contributed by atoms with Crippen LogP contribution in [-0.4, -0.2) is 12.6 Å². The van der Waals surface area contributed by atoms with Crippen LogP contribution in [0.3, 0.4) is 0 Å². The maximum atomic E-state index is 12.1. The summed E-state index contributed by atoms with van der Waals surface area (Å²) in [4.78, 5) is 12.1. The quantitative estimate of drug-likeness (QED) is 0.471. The Balaban J connectivity index is 2.16. The zero-order chi connectivity index (χ0) is 14.4. The number of esters is 1. The van der Waals surface area contributed by atoms with Gasteiger partial charge in [0.1, 0.15) is 23.7 Å². The Labute approximate surface area is 122 Å². The largest absolute Gasteiger partial charge is 0.489 e. The molecule has 0 heterocycles. The summed E-state index contributed by atoms with van der Waals surface area (Å²) in [5.41, 5.74) is 0.365. The second kappa shape index (κ2) is 6.78. The third-order valence-electron chi connectivity index (χ3n) is 2.49. The molecular weight excluding hydrogens is 276 g/mol. The number of halogens is 1. The van der Waals surface area contributed by atoms with E-state index in [1.807, 2.05) is 0 Å². The number of ether oxygens (including phenoxy) is 2. The molecule has 2 aromatic rings. The molecule has 0 unspecified atom stereocenters. The number of para-hydroxylation sites is 1. The van der Waals surface area contributed by atoms with Crippen LogP contribution in [0.5, 0.6) is 11.5 Å². The molecule has 0 aromatic heterocycles. The van der Waals surface area contributed by atoms with Gasteiger partial charge in [-0.1, -0.05) is 36.4 Å². The van der Waals surface area contributed by atoms with Crippen molar-refractivity contribution in [2.45, 2.75) is 0 Å². The molecule has 0 saturated carbocycles. The standard InChI is InChI=1S/C16H13ClO3/c1-2-11-19-15-6-4-3-5-14(15)16(18)20-13-9-7-12(17)8-10-13/h2-10H,1,11H2. The van der Waals surface area contributed by atoms with Crippen molar-refractivity contribution in [3.63, 3.8) is 0 Å². The first kappa shape index (κ1) is 14.2. The van der Waals surface area contributed by atoms with Crippen molar-refractivity contribution in [2.24, 2.45) is 0 Å². The van der Waals surface area contributed by atoms with Crippen LogP contribution in [0.4, 0.5) is 0 Å². The predicted octanol–water partition coefficient (Wildman–Crippen LogP) is 4.12. The Hall–Kier alpha value is -2.26. The summed E-state index contributed by atoms with van der Waals surface area (Å²) in [6, 6.07) is 13.5. The minimum Gasteiger partial charge on any atom is -0.489 e. The summed E-state index contributed by atoms with van der Waals surface area (Å²) in [6.45, 7) is 3.90. The van der Waals surface area contributed by atoms with Gasteiger partial charge in [-0.15, -0.1) is 0 Å². The summed E-state index contributed by atoms with van der Waals surface area (Å²) in [5.74, 6) is 0.413. The maximum absolute atomic E-state index is 12.1. The van der Waals surface area contributed by atoms with E-state index in [0.717, 1.165) is 0 Å².